The molecule has 0 aliphatic carbocycles. The lowest BCUT2D eigenvalue weighted by atomic mass is 10.1. The fourth-order valence-corrected chi connectivity index (χ4v) is 6.40. The molecule has 4 aromatic carbocycles. The molecule has 0 atom stereocenters. The van der Waals surface area contributed by atoms with Gasteiger partial charge in [-0.1, -0.05) is 24.3 Å². The second kappa shape index (κ2) is 11.2. The first-order valence-electron chi connectivity index (χ1n) is 11.5. The van der Waals surface area contributed by atoms with Crippen LogP contribution in [-0.4, -0.2) is 48.5 Å². The molecule has 1 N–H and O–H groups in total. The molecule has 0 saturated carbocycles. The van der Waals surface area contributed by atoms with Crippen LogP contribution in [0.3, 0.4) is 0 Å². The van der Waals surface area contributed by atoms with E-state index >= 15 is 0 Å². The molecule has 0 heterocycles. The lowest BCUT2D eigenvalue weighted by Gasteiger charge is -2.25. The number of nitro benzene ring substituents is 1. The lowest BCUT2D eigenvalue weighted by Crippen LogP contribution is -2.36. The van der Waals surface area contributed by atoms with Crippen LogP contribution >= 0.6 is 0 Å². The summed E-state index contributed by atoms with van der Waals surface area (Å²) in [6.07, 6.45) is 0. The van der Waals surface area contributed by atoms with Gasteiger partial charge in [-0.05, 0) is 48.5 Å². The summed E-state index contributed by atoms with van der Waals surface area (Å²) in [6.45, 7) is -0.650. The van der Waals surface area contributed by atoms with E-state index in [2.05, 4.69) is 4.72 Å². The van der Waals surface area contributed by atoms with Crippen molar-refractivity contribution in [1.82, 2.24) is 0 Å². The standard InChI is InChI=1S/C26H23N3O9S2/c1-37-19-9-13-21(14-10-19)40(35,36)28(17-26(30)38-2)25-16-15-24(22-5-3-4-6-23(22)25)27-39(33,34)20-11-7-18(8-12-20)29(31)32/h3-16,27H,17H2,1-2H3. The van der Waals surface area contributed by atoms with E-state index in [9.17, 15) is 31.7 Å². The summed E-state index contributed by atoms with van der Waals surface area (Å²) in [5.74, 6) is -0.377. The second-order valence-corrected chi connectivity index (χ2v) is 11.8. The minimum atomic E-state index is -4.29. The van der Waals surface area contributed by atoms with E-state index in [1.54, 1.807) is 24.3 Å². The first-order chi connectivity index (χ1) is 19.0. The summed E-state index contributed by atoms with van der Waals surface area (Å²) < 4.78 is 66.8. The molecular weight excluding hydrogens is 562 g/mol. The van der Waals surface area contributed by atoms with Crippen molar-refractivity contribution in [3.63, 3.8) is 0 Å². The Hall–Kier alpha value is -4.69. The second-order valence-electron chi connectivity index (χ2n) is 8.30. The molecule has 0 fully saturated rings. The fourth-order valence-electron chi connectivity index (χ4n) is 3.90. The van der Waals surface area contributed by atoms with Crippen LogP contribution in [0.1, 0.15) is 0 Å². The highest BCUT2D eigenvalue weighted by Gasteiger charge is 2.30. The first-order valence-corrected chi connectivity index (χ1v) is 14.4. The molecular formula is C26H23N3O9S2. The molecule has 0 aliphatic rings. The van der Waals surface area contributed by atoms with Gasteiger partial charge in [0.25, 0.3) is 25.7 Å². The van der Waals surface area contributed by atoms with Crippen molar-refractivity contribution in [1.29, 1.82) is 0 Å². The molecule has 14 heteroatoms. The number of esters is 1. The molecule has 4 aromatic rings. The number of anilines is 2. The Balaban J connectivity index is 1.81. The van der Waals surface area contributed by atoms with Gasteiger partial charge in [0.2, 0.25) is 0 Å². The predicted octanol–water partition coefficient (Wildman–Crippen LogP) is 3.93. The molecule has 4 rings (SSSR count). The Labute approximate surface area is 230 Å². The molecule has 0 amide bonds. The zero-order valence-corrected chi connectivity index (χ0v) is 22.8. The van der Waals surface area contributed by atoms with Gasteiger partial charge in [-0.15, -0.1) is 0 Å². The van der Waals surface area contributed by atoms with Gasteiger partial charge in [-0.2, -0.15) is 0 Å². The number of benzene rings is 4. The smallest absolute Gasteiger partial charge is 0.326 e. The maximum atomic E-state index is 13.7. The van der Waals surface area contributed by atoms with Gasteiger partial charge in [0.05, 0.1) is 40.3 Å². The van der Waals surface area contributed by atoms with Crippen LogP contribution in [0.25, 0.3) is 10.8 Å². The van der Waals surface area contributed by atoms with E-state index in [0.29, 0.717) is 16.5 Å². The van der Waals surface area contributed by atoms with Gasteiger partial charge in [-0.3, -0.25) is 23.9 Å². The fraction of sp³-hybridized carbons (Fsp3) is 0.115. The van der Waals surface area contributed by atoms with E-state index in [4.69, 9.17) is 9.47 Å². The van der Waals surface area contributed by atoms with Gasteiger partial charge in [0.1, 0.15) is 12.3 Å². The summed E-state index contributed by atoms with van der Waals surface area (Å²) in [4.78, 5) is 22.3. The maximum Gasteiger partial charge on any atom is 0.326 e. The highest BCUT2D eigenvalue weighted by Crippen LogP contribution is 2.36. The SMILES string of the molecule is COC(=O)CN(c1ccc(NS(=O)(=O)c2ccc([N+](=O)[O-])cc2)c2ccccc12)S(=O)(=O)c1ccc(OC)cc1. The maximum absolute atomic E-state index is 13.7. The Kier molecular flexibility index (Phi) is 7.93. The monoisotopic (exact) mass is 585 g/mol. The third-order valence-electron chi connectivity index (χ3n) is 5.92. The minimum Gasteiger partial charge on any atom is -0.497 e. The highest BCUT2D eigenvalue weighted by atomic mass is 32.2. The number of non-ortho nitro benzene ring substituents is 1. The normalized spacial score (nSPS) is 11.6. The Morgan fingerprint density at radius 1 is 0.850 bits per heavy atom. The molecule has 12 nitrogen and oxygen atoms in total. The molecule has 208 valence electrons. The first kappa shape index (κ1) is 28.3. The summed E-state index contributed by atoms with van der Waals surface area (Å²) in [6, 6.07) is 19.2. The number of methoxy groups -OCH3 is 2. The van der Waals surface area contributed by atoms with Gasteiger partial charge in [0, 0.05) is 22.9 Å². The number of nitrogens with one attached hydrogen (secondary N) is 1. The largest absolute Gasteiger partial charge is 0.497 e. The van der Waals surface area contributed by atoms with Crippen molar-refractivity contribution < 1.29 is 36.0 Å². The molecule has 0 bridgehead atoms. The number of ether oxygens (including phenoxy) is 2. The van der Waals surface area contributed by atoms with Gasteiger partial charge < -0.3 is 9.47 Å². The van der Waals surface area contributed by atoms with E-state index in [1.807, 2.05) is 0 Å². The zero-order chi connectivity index (χ0) is 29.1. The van der Waals surface area contributed by atoms with Crippen molar-refractivity contribution in [2.45, 2.75) is 9.79 Å². The van der Waals surface area contributed by atoms with Crippen molar-refractivity contribution in [3.05, 3.63) is 95.0 Å². The minimum absolute atomic E-state index is 0.107. The van der Waals surface area contributed by atoms with E-state index in [-0.39, 0.29) is 26.9 Å². The Morgan fingerprint density at radius 3 is 2.02 bits per heavy atom. The third kappa shape index (κ3) is 5.67. The summed E-state index contributed by atoms with van der Waals surface area (Å²) in [5, 5.41) is 11.6. The summed E-state index contributed by atoms with van der Waals surface area (Å²) in [5.41, 5.74) is -0.0369. The van der Waals surface area contributed by atoms with Gasteiger partial charge in [-0.25, -0.2) is 16.8 Å². The number of fused-ring (bicyclic) bond motifs is 1. The van der Waals surface area contributed by atoms with Crippen molar-refractivity contribution in [2.24, 2.45) is 0 Å². The molecule has 0 aromatic heterocycles. The van der Waals surface area contributed by atoms with Crippen LogP contribution in [0.4, 0.5) is 17.1 Å². The number of rotatable bonds is 10. The Morgan fingerprint density at radius 2 is 1.45 bits per heavy atom. The third-order valence-corrected chi connectivity index (χ3v) is 9.08. The number of carbonyl (C=O) groups is 1. The van der Waals surface area contributed by atoms with Crippen LogP contribution in [0.2, 0.25) is 0 Å². The number of sulfonamides is 2. The quantitative estimate of drug-likeness (QED) is 0.165. The Bertz CT molecular complexity index is 1790. The highest BCUT2D eigenvalue weighted by molar-refractivity contribution is 7.93. The van der Waals surface area contributed by atoms with Gasteiger partial charge >= 0.3 is 5.97 Å². The van der Waals surface area contributed by atoms with Crippen LogP contribution in [0, 0.1) is 10.1 Å². The topological polar surface area (TPSA) is 162 Å². The van der Waals surface area contributed by atoms with E-state index < -0.39 is 37.5 Å². The number of nitrogens with zero attached hydrogens (tertiary/aromatic N) is 2. The summed E-state index contributed by atoms with van der Waals surface area (Å²) in [7, 11) is -5.89. The van der Waals surface area contributed by atoms with Crippen molar-refractivity contribution in [3.8, 4) is 5.75 Å². The number of nitro groups is 1. The molecule has 40 heavy (non-hydrogen) atoms. The van der Waals surface area contributed by atoms with Crippen molar-refractivity contribution in [2.75, 3.05) is 29.8 Å². The molecule has 0 unspecified atom stereocenters. The summed E-state index contributed by atoms with van der Waals surface area (Å²) >= 11 is 0. The molecule has 0 saturated heterocycles. The average Bonchev–Trinajstić information content (AvgIpc) is 2.96. The number of hydrogen-bond acceptors (Lipinski definition) is 9. The number of carbonyl (C=O) groups excluding carboxylic acids is 1. The molecule has 0 radical (unpaired) electrons. The molecule has 0 spiro atoms. The average molecular weight is 586 g/mol. The molecule has 0 aliphatic heterocycles. The van der Waals surface area contributed by atoms with Crippen LogP contribution in [0.15, 0.2) is 94.7 Å². The van der Waals surface area contributed by atoms with Gasteiger partial charge in [0.15, 0.2) is 0 Å². The zero-order valence-electron chi connectivity index (χ0n) is 21.2. The van der Waals surface area contributed by atoms with E-state index in [1.165, 1.54) is 43.5 Å². The number of hydrogen-bond donors (Lipinski definition) is 1. The van der Waals surface area contributed by atoms with Crippen LogP contribution in [-0.2, 0) is 29.6 Å². The predicted molar refractivity (Wildman–Crippen MR) is 147 cm³/mol. The lowest BCUT2D eigenvalue weighted by molar-refractivity contribution is -0.384. The van der Waals surface area contributed by atoms with E-state index in [0.717, 1.165) is 35.7 Å². The van der Waals surface area contributed by atoms with Crippen LogP contribution in [0.5, 0.6) is 5.75 Å². The van der Waals surface area contributed by atoms with Crippen molar-refractivity contribution >= 4 is 53.9 Å². The van der Waals surface area contributed by atoms with Crippen LogP contribution < -0.4 is 13.8 Å².